The van der Waals surface area contributed by atoms with Gasteiger partial charge in [0.1, 0.15) is 11.5 Å². The van der Waals surface area contributed by atoms with Crippen LogP contribution in [0, 0.1) is 17.9 Å². The zero-order valence-corrected chi connectivity index (χ0v) is 75.6. The van der Waals surface area contributed by atoms with E-state index >= 15 is 0 Å². The lowest BCUT2D eigenvalue weighted by molar-refractivity contribution is 0.318. The first-order valence-corrected chi connectivity index (χ1v) is 46.0. The van der Waals surface area contributed by atoms with E-state index in [1.807, 2.05) is 97.9 Å². The highest BCUT2D eigenvalue weighted by Gasteiger charge is 2.31. The van der Waals surface area contributed by atoms with Crippen molar-refractivity contribution in [1.82, 2.24) is 25.3 Å². The largest absolute Gasteiger partial charge is 0.462 e. The van der Waals surface area contributed by atoms with Gasteiger partial charge < -0.3 is 34.9 Å². The Hall–Kier alpha value is -18.2. The van der Waals surface area contributed by atoms with Crippen molar-refractivity contribution < 1.29 is 4.74 Å². The van der Waals surface area contributed by atoms with E-state index in [1.165, 1.54) is 105 Å². The number of aliphatic imine (C=N–C) groups is 1. The molecule has 24 rings (SSSR count). The molecule has 12 nitrogen and oxygen atoms in total. The molecule has 20 aromatic rings. The van der Waals surface area contributed by atoms with Crippen molar-refractivity contribution in [1.29, 1.82) is 5.26 Å². The number of aromatic nitrogens is 4. The van der Waals surface area contributed by atoms with Gasteiger partial charge in [-0.25, -0.2) is 15.1 Å². The minimum atomic E-state index is -0.0322. The van der Waals surface area contributed by atoms with Gasteiger partial charge in [0.2, 0.25) is 0 Å². The maximum absolute atomic E-state index is 12.8. The molecule has 8 bridgehead atoms. The van der Waals surface area contributed by atoms with Crippen LogP contribution in [0.15, 0.2) is 480 Å². The monoisotopic (exact) mass is 1770 g/mol. The van der Waals surface area contributed by atoms with Crippen molar-refractivity contribution in [2.45, 2.75) is 25.8 Å². The normalized spacial score (nSPS) is 16.0. The number of hydrogen-bond acceptors (Lipinski definition) is 7. The number of H-pyrrole nitrogens is 4. The zero-order valence-electron chi connectivity index (χ0n) is 75.6. The summed E-state index contributed by atoms with van der Waals surface area (Å²) in [5, 5.41) is 25.3. The van der Waals surface area contributed by atoms with Crippen LogP contribution >= 0.6 is 0 Å². The van der Waals surface area contributed by atoms with E-state index in [0.29, 0.717) is 49.7 Å². The second kappa shape index (κ2) is 37.9. The predicted molar refractivity (Wildman–Crippen MR) is 567 cm³/mol. The molecule has 0 spiro atoms. The fraction of sp³-hybridized carbons (Fsp3) is 0.0480. The topological polar surface area (TPSA) is 162 Å². The number of benzene rings is 16. The summed E-state index contributed by atoms with van der Waals surface area (Å²) in [4.78, 5) is 50.5. The fourth-order valence-electron chi connectivity index (χ4n) is 19.6. The molecule has 0 amide bonds. The van der Waals surface area contributed by atoms with Gasteiger partial charge in [0.25, 0.3) is 5.70 Å². The molecular weight excluding hydrogens is 1680 g/mol. The van der Waals surface area contributed by atoms with Crippen LogP contribution in [0.5, 0.6) is 0 Å². The number of para-hydroxylation sites is 2. The molecule has 5 N–H and O–H groups in total. The Balaban J connectivity index is 0.000000114. The molecule has 4 aliphatic heterocycles. The van der Waals surface area contributed by atoms with Crippen molar-refractivity contribution in [3.8, 4) is 50.6 Å². The third-order valence-electron chi connectivity index (χ3n) is 25.8. The maximum Gasteiger partial charge on any atom is 0.269 e. The van der Waals surface area contributed by atoms with Crippen LogP contribution in [0.3, 0.4) is 0 Å². The Morgan fingerprint density at radius 2 is 0.810 bits per heavy atom. The van der Waals surface area contributed by atoms with Gasteiger partial charge >= 0.3 is 0 Å². The van der Waals surface area contributed by atoms with Crippen LogP contribution in [0.2, 0.25) is 0 Å². The summed E-state index contributed by atoms with van der Waals surface area (Å²) in [5.74, 6) is 1.26. The highest BCUT2D eigenvalue weighted by Crippen LogP contribution is 2.54. The number of rotatable bonds is 11. The molecule has 12 heteroatoms. The van der Waals surface area contributed by atoms with Gasteiger partial charge in [-0.1, -0.05) is 334 Å². The molecule has 0 radical (unpaired) electrons. The summed E-state index contributed by atoms with van der Waals surface area (Å²) in [5.41, 5.74) is 30.2. The summed E-state index contributed by atoms with van der Waals surface area (Å²) in [7, 11) is 4.00. The first-order valence-electron chi connectivity index (χ1n) is 46.0. The zero-order chi connectivity index (χ0) is 92.8. The van der Waals surface area contributed by atoms with E-state index in [2.05, 4.69) is 358 Å². The molecular formula is C125H91N9O3. The standard InChI is InChI=1S/C44H34N4.C42H28.C20H12N2O2.C19H17N3O/c1-5-13-29(14-6-1)41-33-21-23-35(45-33)42(30-15-7-2-8-16-30)37-25-27-39(47-37)44(32-19-11-4-12-20-32)40-28-26-38(48-40)43(31-17-9-3-10-18-31)36-24-22-34(41)46-36;1-5-17-29(18-6-1)37-33-25-13-14-26-34(33)39(31-21-9-3-10-22-31)42-40(32-23-11-4-12-24-32)36-28-16-15-27-35(36)38(41(37)42)30-19-7-2-8-20-30;23-19-11-5-1-3-7-15(11)21-17-10-14-18(9-13(17)19)22-16-8-4-2-6-12(16)20(14)24;1-14-11-16(19(13-20)21-2)12-18(23-14)10-7-15-5-8-17(9-6-15)22(3)4/h1-25,27,38,46-48H,26,28H2;1-28H;1-10H,(H,21,23)(H,22,24);5-12H,1,3-4H3/b41-34-,42-35-,43-36-,44-40-;;;10-7?,19-16+. The SMILES string of the molecule is C1=C/C2=C(\c3ccccc3)c3ccc([nH]3)/C(c3ccccc3)=C3/CCC(N3)/C(c3ccccc3)=c3/cc/c([nH]3)=C(\c3ccccc3)C1=N2.O=c1c2ccccc2[nH]c2cc3c(=O)c4ccccc4[nH]c3cc12.[C-]#[N+]/C(C#N)=C1\C=C(C)OC(C=Cc2ccc(N(C)C)cc2)=C1.c1ccc(-c2c3ccccc3c(-c3ccccc3)c3c(-c4ccccc4)c4ccccc4c(-c4ccccc4)c23)cc1. The molecule has 654 valence electrons. The molecule has 1 unspecified atom stereocenters. The van der Waals surface area contributed by atoms with Gasteiger partial charge in [0.05, 0.1) is 41.1 Å². The van der Waals surface area contributed by atoms with Gasteiger partial charge in [0.15, 0.2) is 10.9 Å². The van der Waals surface area contributed by atoms with Crippen molar-refractivity contribution in [3.05, 3.63) is 547 Å². The van der Waals surface area contributed by atoms with Gasteiger partial charge in [0, 0.05) is 102 Å². The predicted octanol–water partition coefficient (Wildman–Crippen LogP) is 27.5. The van der Waals surface area contributed by atoms with Gasteiger partial charge in [-0.05, 0) is 233 Å². The quantitative estimate of drug-likeness (QED) is 0.0492. The molecule has 0 aliphatic carbocycles. The van der Waals surface area contributed by atoms with Crippen LogP contribution in [0.1, 0.15) is 59.0 Å². The van der Waals surface area contributed by atoms with E-state index in [-0.39, 0.29) is 22.6 Å². The molecule has 137 heavy (non-hydrogen) atoms. The first kappa shape index (κ1) is 85.5. The average Bonchev–Trinajstić information content (AvgIpc) is 1.53. The van der Waals surface area contributed by atoms with E-state index in [9.17, 15) is 9.59 Å². The van der Waals surface area contributed by atoms with E-state index in [0.717, 1.165) is 90.9 Å². The summed E-state index contributed by atoms with van der Waals surface area (Å²) < 4.78 is 5.62. The van der Waals surface area contributed by atoms with Crippen molar-refractivity contribution >= 4 is 116 Å². The Labute approximate surface area is 792 Å². The Kier molecular flexibility index (Phi) is 23.7. The maximum atomic E-state index is 12.8. The number of nitrogens with zero attached hydrogens (tertiary/aromatic N) is 4. The van der Waals surface area contributed by atoms with E-state index in [1.54, 1.807) is 43.3 Å². The molecule has 1 saturated heterocycles. The summed E-state index contributed by atoms with van der Waals surface area (Å²) in [6.07, 6.45) is 13.4. The molecule has 1 fully saturated rings. The average molecular weight is 1770 g/mol. The third kappa shape index (κ3) is 17.0. The first-order chi connectivity index (χ1) is 67.4. The number of pyridine rings is 2. The van der Waals surface area contributed by atoms with Crippen LogP contribution < -0.4 is 31.8 Å². The molecule has 4 aliphatic rings. The lowest BCUT2D eigenvalue weighted by Gasteiger charge is -2.25. The van der Waals surface area contributed by atoms with Gasteiger partial charge in [-0.3, -0.25) is 9.59 Å². The third-order valence-corrected chi connectivity index (χ3v) is 25.8. The number of nitrogens with one attached hydrogen (secondary N) is 5. The molecule has 0 saturated carbocycles. The molecule has 4 aromatic heterocycles. The number of fused-ring (bicyclic) bond motifs is 14. The molecule has 16 aromatic carbocycles. The number of allylic oxidation sites excluding steroid dienone is 9. The van der Waals surface area contributed by atoms with Crippen molar-refractivity contribution in [2.75, 3.05) is 19.0 Å². The Bertz CT molecular complexity index is 8310. The fourth-order valence-corrected chi connectivity index (χ4v) is 19.6. The van der Waals surface area contributed by atoms with Gasteiger partial charge in [-0.2, -0.15) is 0 Å². The van der Waals surface area contributed by atoms with Crippen LogP contribution in [-0.2, 0) is 4.74 Å². The summed E-state index contributed by atoms with van der Waals surface area (Å²) >= 11 is 0. The molecule has 8 heterocycles. The lowest BCUT2D eigenvalue weighted by Crippen LogP contribution is -2.29. The van der Waals surface area contributed by atoms with Crippen LogP contribution in [0.25, 0.3) is 154 Å². The smallest absolute Gasteiger partial charge is 0.269 e. The van der Waals surface area contributed by atoms with Gasteiger partial charge in [-0.15, -0.1) is 0 Å². The number of nitriles is 1. The number of anilines is 1. The Morgan fingerprint density at radius 3 is 1.26 bits per heavy atom. The van der Waals surface area contributed by atoms with Crippen molar-refractivity contribution in [2.24, 2.45) is 4.99 Å². The number of aromatic amines is 4. The highest BCUT2D eigenvalue weighted by atomic mass is 16.5. The second-order valence-electron chi connectivity index (χ2n) is 34.5. The van der Waals surface area contributed by atoms with Crippen LogP contribution in [0.4, 0.5) is 5.69 Å². The number of hydrogen-bond donors (Lipinski definition) is 5. The highest BCUT2D eigenvalue weighted by molar-refractivity contribution is 6.34. The molecule has 1 atom stereocenters. The second-order valence-corrected chi connectivity index (χ2v) is 34.5. The van der Waals surface area contributed by atoms with Crippen LogP contribution in [-0.4, -0.2) is 45.8 Å². The minimum absolute atomic E-state index is 0.0322. The Morgan fingerprint density at radius 1 is 0.409 bits per heavy atom. The summed E-state index contributed by atoms with van der Waals surface area (Å²) in [6.45, 7) is 8.84. The summed E-state index contributed by atoms with van der Waals surface area (Å²) in [6, 6.07) is 142. The van der Waals surface area contributed by atoms with E-state index < -0.39 is 0 Å². The number of ether oxygens (including phenoxy) is 1. The lowest BCUT2D eigenvalue weighted by atomic mass is 9.77. The minimum Gasteiger partial charge on any atom is -0.462 e. The van der Waals surface area contributed by atoms with Crippen molar-refractivity contribution in [3.63, 3.8) is 0 Å². The van der Waals surface area contributed by atoms with E-state index in [4.69, 9.17) is 21.6 Å².